The van der Waals surface area contributed by atoms with Gasteiger partial charge in [0.25, 0.3) is 5.56 Å². The van der Waals surface area contributed by atoms with Gasteiger partial charge in [0.2, 0.25) is 5.91 Å². The minimum atomic E-state index is -0.575. The number of aromatic nitrogens is 4. The van der Waals surface area contributed by atoms with Crippen molar-refractivity contribution in [3.63, 3.8) is 0 Å². The van der Waals surface area contributed by atoms with Gasteiger partial charge in [0.15, 0.2) is 11.2 Å². The van der Waals surface area contributed by atoms with Crippen LogP contribution in [0.2, 0.25) is 0 Å². The lowest BCUT2D eigenvalue weighted by atomic mass is 9.91. The highest BCUT2D eigenvalue weighted by Crippen LogP contribution is 2.23. The highest BCUT2D eigenvalue weighted by atomic mass is 16.2. The molecule has 0 spiro atoms. The second kappa shape index (κ2) is 8.43. The molecule has 1 N–H and O–H groups in total. The molecule has 0 fully saturated rings. The summed E-state index contributed by atoms with van der Waals surface area (Å²) in [6.07, 6.45) is 1.47. The topological polar surface area (TPSA) is 90.9 Å². The van der Waals surface area contributed by atoms with Crippen LogP contribution < -0.4 is 16.6 Å². The molecule has 4 rings (SSSR count). The summed E-state index contributed by atoms with van der Waals surface area (Å²) < 4.78 is 3.77. The fourth-order valence-electron chi connectivity index (χ4n) is 3.75. The first-order valence-corrected chi connectivity index (χ1v) is 9.95. The molecule has 0 bridgehead atoms. The predicted molar refractivity (Wildman–Crippen MR) is 118 cm³/mol. The summed E-state index contributed by atoms with van der Waals surface area (Å²) in [6, 6.07) is 19.8. The van der Waals surface area contributed by atoms with Gasteiger partial charge in [-0.25, -0.2) is 14.3 Å². The van der Waals surface area contributed by atoms with Crippen LogP contribution in [-0.2, 0) is 25.4 Å². The minimum absolute atomic E-state index is 0.0505. The molecule has 0 aliphatic heterocycles. The summed E-state index contributed by atoms with van der Waals surface area (Å²) in [6.45, 7) is -0.0151. The maximum atomic E-state index is 12.8. The zero-order chi connectivity index (χ0) is 22.0. The Morgan fingerprint density at radius 1 is 0.968 bits per heavy atom. The van der Waals surface area contributed by atoms with E-state index in [1.165, 1.54) is 17.9 Å². The molecule has 0 saturated carbocycles. The summed E-state index contributed by atoms with van der Waals surface area (Å²) in [4.78, 5) is 42.2. The Bertz CT molecular complexity index is 1300. The summed E-state index contributed by atoms with van der Waals surface area (Å²) in [5.41, 5.74) is 1.60. The van der Waals surface area contributed by atoms with Crippen molar-refractivity contribution in [1.82, 2.24) is 24.0 Å². The van der Waals surface area contributed by atoms with Crippen molar-refractivity contribution >= 4 is 17.1 Å². The number of hydrogen-bond acceptors (Lipinski definition) is 4. The molecule has 2 heterocycles. The quantitative estimate of drug-likeness (QED) is 0.513. The summed E-state index contributed by atoms with van der Waals surface area (Å²) in [5.74, 6) is -0.456. The highest BCUT2D eigenvalue weighted by Gasteiger charge is 2.19. The van der Waals surface area contributed by atoms with E-state index in [4.69, 9.17) is 0 Å². The zero-order valence-electron chi connectivity index (χ0n) is 17.4. The third kappa shape index (κ3) is 3.92. The van der Waals surface area contributed by atoms with Crippen LogP contribution in [0.25, 0.3) is 11.2 Å². The van der Waals surface area contributed by atoms with Crippen LogP contribution in [0.15, 0.2) is 76.6 Å². The largest absolute Gasteiger partial charge is 0.354 e. The van der Waals surface area contributed by atoms with E-state index in [-0.39, 0.29) is 18.0 Å². The normalized spacial score (nSPS) is 11.2. The summed E-state index contributed by atoms with van der Waals surface area (Å²) in [7, 11) is 3.21. The standard InChI is InChI=1S/C23H23N5O3/c1-26-15-25-21-20(26)22(30)28(23(31)27(21)2)14-19(29)24-13-18(16-9-5-3-6-10-16)17-11-7-4-8-12-17/h3-12,15,18H,13-14H2,1-2H3,(H,24,29). The van der Waals surface area contributed by atoms with Crippen molar-refractivity contribution in [3.8, 4) is 0 Å². The lowest BCUT2D eigenvalue weighted by Crippen LogP contribution is -2.44. The van der Waals surface area contributed by atoms with Crippen LogP contribution in [0.3, 0.4) is 0 Å². The zero-order valence-corrected chi connectivity index (χ0v) is 17.4. The number of imidazole rings is 1. The molecular weight excluding hydrogens is 394 g/mol. The van der Waals surface area contributed by atoms with Gasteiger partial charge in [-0.3, -0.25) is 14.2 Å². The maximum absolute atomic E-state index is 12.8. The molecule has 2 aromatic heterocycles. The predicted octanol–water partition coefficient (Wildman–Crippen LogP) is 1.38. The van der Waals surface area contributed by atoms with Gasteiger partial charge >= 0.3 is 5.69 Å². The smallest absolute Gasteiger partial charge is 0.332 e. The molecule has 0 aliphatic carbocycles. The first kappa shape index (κ1) is 20.3. The van der Waals surface area contributed by atoms with E-state index in [2.05, 4.69) is 10.3 Å². The molecule has 2 aromatic carbocycles. The SMILES string of the molecule is Cn1cnc2c1c(=O)n(CC(=O)NCC(c1ccccc1)c1ccccc1)c(=O)n2C. The van der Waals surface area contributed by atoms with E-state index in [0.29, 0.717) is 12.2 Å². The van der Waals surface area contributed by atoms with Crippen molar-refractivity contribution in [2.75, 3.05) is 6.54 Å². The molecule has 4 aromatic rings. The first-order chi connectivity index (χ1) is 15.0. The number of fused-ring (bicyclic) bond motifs is 1. The lowest BCUT2D eigenvalue weighted by molar-refractivity contribution is -0.121. The number of aryl methyl sites for hydroxylation is 2. The number of nitrogens with one attached hydrogen (secondary N) is 1. The molecular formula is C23H23N5O3. The summed E-state index contributed by atoms with van der Waals surface area (Å²) in [5, 5.41) is 2.89. The molecule has 1 amide bonds. The van der Waals surface area contributed by atoms with Crippen LogP contribution in [0, 0.1) is 0 Å². The molecule has 31 heavy (non-hydrogen) atoms. The maximum Gasteiger partial charge on any atom is 0.332 e. The number of benzene rings is 2. The van der Waals surface area contributed by atoms with Crippen LogP contribution in [0.4, 0.5) is 0 Å². The Morgan fingerprint density at radius 3 is 2.13 bits per heavy atom. The average Bonchev–Trinajstić information content (AvgIpc) is 3.18. The van der Waals surface area contributed by atoms with E-state index in [0.717, 1.165) is 15.7 Å². The molecule has 158 valence electrons. The van der Waals surface area contributed by atoms with Gasteiger partial charge < -0.3 is 9.88 Å². The van der Waals surface area contributed by atoms with Crippen molar-refractivity contribution in [3.05, 3.63) is 99.0 Å². The molecule has 8 nitrogen and oxygen atoms in total. The van der Waals surface area contributed by atoms with Gasteiger partial charge in [0.1, 0.15) is 6.54 Å². The Kier molecular flexibility index (Phi) is 5.53. The minimum Gasteiger partial charge on any atom is -0.354 e. The lowest BCUT2D eigenvalue weighted by Gasteiger charge is -2.19. The van der Waals surface area contributed by atoms with Gasteiger partial charge in [0.05, 0.1) is 6.33 Å². The van der Waals surface area contributed by atoms with Crippen molar-refractivity contribution in [2.24, 2.45) is 14.1 Å². The van der Waals surface area contributed by atoms with Crippen molar-refractivity contribution < 1.29 is 4.79 Å². The van der Waals surface area contributed by atoms with E-state index in [1.54, 1.807) is 11.6 Å². The average molecular weight is 417 g/mol. The van der Waals surface area contributed by atoms with Crippen LogP contribution in [-0.4, -0.2) is 31.1 Å². The molecule has 0 aliphatic rings. The second-order valence-electron chi connectivity index (χ2n) is 7.44. The third-order valence-corrected chi connectivity index (χ3v) is 5.41. The third-order valence-electron chi connectivity index (χ3n) is 5.41. The number of carbonyl (C=O) groups is 1. The number of amides is 1. The van der Waals surface area contributed by atoms with E-state index in [9.17, 15) is 14.4 Å². The van der Waals surface area contributed by atoms with Crippen molar-refractivity contribution in [1.29, 1.82) is 0 Å². The number of nitrogens with zero attached hydrogens (tertiary/aromatic N) is 4. The van der Waals surface area contributed by atoms with Crippen LogP contribution in [0.1, 0.15) is 17.0 Å². The fraction of sp³-hybridized carbons (Fsp3) is 0.217. The molecule has 0 radical (unpaired) electrons. The monoisotopic (exact) mass is 417 g/mol. The van der Waals surface area contributed by atoms with E-state index < -0.39 is 17.2 Å². The Balaban J connectivity index is 1.58. The Hall–Kier alpha value is -3.94. The number of hydrogen-bond donors (Lipinski definition) is 1. The number of carbonyl (C=O) groups excluding carboxylic acids is 1. The first-order valence-electron chi connectivity index (χ1n) is 9.95. The van der Waals surface area contributed by atoms with Gasteiger partial charge in [-0.05, 0) is 11.1 Å². The van der Waals surface area contributed by atoms with Crippen LogP contribution >= 0.6 is 0 Å². The fourth-order valence-corrected chi connectivity index (χ4v) is 3.75. The van der Waals surface area contributed by atoms with E-state index in [1.807, 2.05) is 60.7 Å². The molecule has 8 heteroatoms. The van der Waals surface area contributed by atoms with Gasteiger partial charge in [-0.1, -0.05) is 60.7 Å². The second-order valence-corrected chi connectivity index (χ2v) is 7.44. The van der Waals surface area contributed by atoms with Crippen molar-refractivity contribution in [2.45, 2.75) is 12.5 Å². The summed E-state index contributed by atoms with van der Waals surface area (Å²) >= 11 is 0. The molecule has 0 atom stereocenters. The molecule has 0 unspecified atom stereocenters. The highest BCUT2D eigenvalue weighted by molar-refractivity contribution is 5.76. The van der Waals surface area contributed by atoms with Crippen LogP contribution in [0.5, 0.6) is 0 Å². The molecule has 0 saturated heterocycles. The van der Waals surface area contributed by atoms with Gasteiger partial charge in [-0.2, -0.15) is 0 Å². The Morgan fingerprint density at radius 2 is 1.55 bits per heavy atom. The van der Waals surface area contributed by atoms with E-state index >= 15 is 0 Å². The number of rotatable bonds is 6. The van der Waals surface area contributed by atoms with Gasteiger partial charge in [-0.15, -0.1) is 0 Å². The Labute approximate surface area is 178 Å². The van der Waals surface area contributed by atoms with Gasteiger partial charge in [0, 0.05) is 26.6 Å².